The molecule has 0 aromatic rings. The molecule has 380 valence electrons. The van der Waals surface area contributed by atoms with Gasteiger partial charge in [0.05, 0.1) is 71.1 Å². The summed E-state index contributed by atoms with van der Waals surface area (Å²) in [5, 5.41) is 43.4. The molecule has 0 saturated carbocycles. The second-order valence-electron chi connectivity index (χ2n) is 17.0. The monoisotopic (exact) mass is 950 g/mol. The lowest BCUT2D eigenvalue weighted by Crippen LogP contribution is -2.51. The zero-order chi connectivity index (χ0) is 50.1. The van der Waals surface area contributed by atoms with Crippen LogP contribution in [0.5, 0.6) is 0 Å². The topological polar surface area (TPSA) is 312 Å². The Hall–Kier alpha value is -4.85. The predicted octanol–water partition coefficient (Wildman–Crippen LogP) is -1.05. The number of ether oxygens (including phenoxy) is 3. The first-order chi connectivity index (χ1) is 31.1. The molecule has 1 rings (SSSR count). The summed E-state index contributed by atoms with van der Waals surface area (Å²) in [6.07, 6.45) is 2.36. The van der Waals surface area contributed by atoms with Crippen molar-refractivity contribution in [3.63, 3.8) is 0 Å². The number of nitrogens with zero attached hydrogens (tertiary/aromatic N) is 5. The molecule has 1 aliphatic rings. The minimum atomic E-state index is -1.02. The van der Waals surface area contributed by atoms with E-state index in [0.29, 0.717) is 117 Å². The quantitative estimate of drug-likeness (QED) is 0.0284. The molecule has 1 atom stereocenters. The van der Waals surface area contributed by atoms with Crippen LogP contribution in [0.1, 0.15) is 66.7 Å². The van der Waals surface area contributed by atoms with Gasteiger partial charge in [0.25, 0.3) is 5.91 Å². The fourth-order valence-electron chi connectivity index (χ4n) is 6.30. The average molecular weight is 950 g/mol. The summed E-state index contributed by atoms with van der Waals surface area (Å²) < 4.78 is 16.4. The lowest BCUT2D eigenvalue weighted by atomic mass is 9.90. The third-order valence-corrected chi connectivity index (χ3v) is 9.87. The van der Waals surface area contributed by atoms with E-state index in [1.807, 2.05) is 20.8 Å². The summed E-state index contributed by atoms with van der Waals surface area (Å²) in [7, 11) is 1.32. The van der Waals surface area contributed by atoms with E-state index in [1.54, 1.807) is 33.4 Å². The molecule has 0 aromatic heterocycles. The number of amides is 3. The fourth-order valence-corrected chi connectivity index (χ4v) is 6.30. The van der Waals surface area contributed by atoms with E-state index in [-0.39, 0.29) is 58.0 Å². The highest BCUT2D eigenvalue weighted by molar-refractivity contribution is 5.82. The van der Waals surface area contributed by atoms with E-state index in [9.17, 15) is 58.5 Å². The number of nitrogens with one attached hydrogen (secondary N) is 2. The van der Waals surface area contributed by atoms with Crippen molar-refractivity contribution in [2.45, 2.75) is 72.8 Å². The Kier molecular flexibility index (Phi) is 31.9. The molecule has 0 aliphatic carbocycles. The maximum Gasteiger partial charge on any atom is 0.333 e. The lowest BCUT2D eigenvalue weighted by Gasteiger charge is -2.35. The molecule has 6 N–H and O–H groups in total. The number of carbonyl (C=O) groups excluding carboxylic acids is 5. The Morgan fingerprint density at radius 1 is 0.697 bits per heavy atom. The van der Waals surface area contributed by atoms with Gasteiger partial charge in [-0.25, -0.2) is 4.79 Å². The van der Waals surface area contributed by atoms with Gasteiger partial charge in [-0.15, -0.1) is 0 Å². The molecule has 3 amide bonds. The van der Waals surface area contributed by atoms with Crippen molar-refractivity contribution in [3.05, 3.63) is 0 Å². The van der Waals surface area contributed by atoms with Gasteiger partial charge in [0, 0.05) is 85.3 Å². The van der Waals surface area contributed by atoms with Crippen LogP contribution in [0.3, 0.4) is 0 Å². The smallest absolute Gasteiger partial charge is 0.333 e. The van der Waals surface area contributed by atoms with E-state index in [4.69, 9.17) is 24.2 Å². The van der Waals surface area contributed by atoms with Crippen LogP contribution < -0.4 is 10.6 Å². The maximum absolute atomic E-state index is 12.5. The second kappa shape index (κ2) is 34.5. The van der Waals surface area contributed by atoms with Gasteiger partial charge >= 0.3 is 29.8 Å². The molecule has 1 fully saturated rings. The largest absolute Gasteiger partial charge is 0.480 e. The molecule has 0 radical (unpaired) electrons. The molecular weight excluding hydrogens is 874 g/mol. The standard InChI is InChI=1S/C23H41N3O9.C19H34N4O8/c1-22(2,15-20(30)35-26(5)19(29)7-6-10-27)16-34-17-23(3,4)21(31)25-9-12-33-14-13-32-11-8-24-18-28;1-2-3-15(19(30)31)23-10-8-21(13-17(26)27)6-4-20(12-16(24)25)5-7-22(9-11-23)14-18(28)29/h10,18H,6-9,11-17H2,1-5H3,(H,24,28)(H,25,31);15H,2-14H2,1H3,(H,24,25)(H,26,27)(H,28,29)(H,30,31). The number of carboxylic acids is 4. The fraction of sp³-hybridized carbons (Fsp3) is 0.786. The Bertz CT molecular complexity index is 1470. The minimum absolute atomic E-state index is 0.000419. The van der Waals surface area contributed by atoms with E-state index in [2.05, 4.69) is 10.6 Å². The summed E-state index contributed by atoms with van der Waals surface area (Å²) in [5.74, 6) is -5.26. The van der Waals surface area contributed by atoms with Crippen LogP contribution in [0.15, 0.2) is 0 Å². The molecular formula is C42H75N7O17. The normalized spacial score (nSPS) is 15.4. The van der Waals surface area contributed by atoms with Crippen molar-refractivity contribution in [1.29, 1.82) is 0 Å². The highest BCUT2D eigenvalue weighted by Gasteiger charge is 2.31. The summed E-state index contributed by atoms with van der Waals surface area (Å²) in [6.45, 7) is 13.4. The van der Waals surface area contributed by atoms with Crippen molar-refractivity contribution >= 4 is 54.4 Å². The molecule has 1 saturated heterocycles. The van der Waals surface area contributed by atoms with Crippen molar-refractivity contribution in [3.8, 4) is 0 Å². The van der Waals surface area contributed by atoms with Crippen molar-refractivity contribution in [2.75, 3.05) is 132 Å². The number of carbonyl (C=O) groups is 9. The highest BCUT2D eigenvalue weighted by Crippen LogP contribution is 2.24. The molecule has 0 spiro atoms. The first-order valence-electron chi connectivity index (χ1n) is 22.0. The van der Waals surface area contributed by atoms with Gasteiger partial charge in [0.1, 0.15) is 12.3 Å². The van der Waals surface area contributed by atoms with Crippen molar-refractivity contribution < 1.29 is 82.6 Å². The number of rotatable bonds is 30. The van der Waals surface area contributed by atoms with Crippen LogP contribution in [0.2, 0.25) is 0 Å². The Labute approximate surface area is 387 Å². The van der Waals surface area contributed by atoms with Crippen LogP contribution in [0, 0.1) is 10.8 Å². The minimum Gasteiger partial charge on any atom is -0.480 e. The van der Waals surface area contributed by atoms with Gasteiger partial charge in [-0.05, 0) is 25.7 Å². The summed E-state index contributed by atoms with van der Waals surface area (Å²) in [6, 6.07) is -0.741. The molecule has 0 aromatic carbocycles. The predicted molar refractivity (Wildman–Crippen MR) is 236 cm³/mol. The SMILES string of the molecule is CCCC(C(=O)O)N1CCN(CC(=O)O)CCN(CC(=O)O)CCN(CC(=O)O)CC1.CN(OC(=O)CC(C)(C)COCC(C)(C)C(=O)NCCOCCOCCNC=O)C(=O)CCC=O. The summed E-state index contributed by atoms with van der Waals surface area (Å²) >= 11 is 0. The van der Waals surface area contributed by atoms with Gasteiger partial charge in [0.2, 0.25) is 12.3 Å². The number of carboxylic acid groups (broad SMARTS) is 4. The molecule has 24 heteroatoms. The second-order valence-corrected chi connectivity index (χ2v) is 17.0. The zero-order valence-corrected chi connectivity index (χ0v) is 39.5. The average Bonchev–Trinajstić information content (AvgIpc) is 3.21. The lowest BCUT2D eigenvalue weighted by molar-refractivity contribution is -0.195. The van der Waals surface area contributed by atoms with E-state index < -0.39 is 52.6 Å². The Balaban J connectivity index is 0.00000129. The summed E-state index contributed by atoms with van der Waals surface area (Å²) in [4.78, 5) is 114. The molecule has 66 heavy (non-hydrogen) atoms. The van der Waals surface area contributed by atoms with Gasteiger partial charge < -0.3 is 54.9 Å². The molecule has 1 unspecified atom stereocenters. The first-order valence-corrected chi connectivity index (χ1v) is 22.0. The van der Waals surface area contributed by atoms with Crippen molar-refractivity contribution in [1.82, 2.24) is 35.3 Å². The Morgan fingerprint density at radius 2 is 1.18 bits per heavy atom. The number of hydrogen-bond donors (Lipinski definition) is 6. The van der Waals surface area contributed by atoms with Gasteiger partial charge in [-0.3, -0.25) is 53.2 Å². The first kappa shape index (κ1) is 61.1. The van der Waals surface area contributed by atoms with Gasteiger partial charge in [-0.1, -0.05) is 27.2 Å². The van der Waals surface area contributed by atoms with Crippen LogP contribution in [-0.2, 0) is 62.2 Å². The van der Waals surface area contributed by atoms with Gasteiger partial charge in [-0.2, -0.15) is 5.06 Å². The maximum atomic E-state index is 12.5. The summed E-state index contributed by atoms with van der Waals surface area (Å²) in [5.41, 5.74) is -1.38. The third kappa shape index (κ3) is 30.4. The molecule has 0 bridgehead atoms. The number of aldehydes is 1. The van der Waals surface area contributed by atoms with E-state index in [1.165, 1.54) is 7.05 Å². The molecule has 24 nitrogen and oxygen atoms in total. The van der Waals surface area contributed by atoms with E-state index >= 15 is 0 Å². The van der Waals surface area contributed by atoms with Crippen LogP contribution in [0.4, 0.5) is 0 Å². The number of hydrogen-bond acceptors (Lipinski definition) is 17. The van der Waals surface area contributed by atoms with Gasteiger partial charge in [0.15, 0.2) is 0 Å². The van der Waals surface area contributed by atoms with Crippen LogP contribution in [-0.4, -0.2) is 237 Å². The number of hydroxylamine groups is 2. The van der Waals surface area contributed by atoms with Crippen LogP contribution >= 0.6 is 0 Å². The van der Waals surface area contributed by atoms with Crippen LogP contribution in [0.25, 0.3) is 0 Å². The zero-order valence-electron chi connectivity index (χ0n) is 39.5. The number of aliphatic carboxylic acids is 4. The third-order valence-electron chi connectivity index (χ3n) is 9.87. The van der Waals surface area contributed by atoms with Crippen molar-refractivity contribution in [2.24, 2.45) is 10.8 Å². The Morgan fingerprint density at radius 3 is 1.62 bits per heavy atom. The molecule has 1 heterocycles. The molecule has 1 aliphatic heterocycles. The highest BCUT2D eigenvalue weighted by atomic mass is 16.7. The van der Waals surface area contributed by atoms with E-state index in [0.717, 1.165) is 5.06 Å².